The van der Waals surface area contributed by atoms with Gasteiger partial charge in [-0.3, -0.25) is 4.79 Å². The molecule has 2 aromatic carbocycles. The summed E-state index contributed by atoms with van der Waals surface area (Å²) in [5.74, 6) is -1.69. The van der Waals surface area contributed by atoms with Crippen molar-refractivity contribution in [3.8, 4) is 5.75 Å². The number of carbonyl (C=O) groups is 2. The molecule has 1 amide bonds. The van der Waals surface area contributed by atoms with Crippen LogP contribution in [0.5, 0.6) is 5.75 Å². The second-order valence-corrected chi connectivity index (χ2v) is 9.86. The lowest BCUT2D eigenvalue weighted by atomic mass is 10.1. The van der Waals surface area contributed by atoms with Gasteiger partial charge in [-0.1, -0.05) is 6.07 Å². The van der Waals surface area contributed by atoms with E-state index in [4.69, 9.17) is 9.47 Å². The maximum Gasteiger partial charge on any atom is 0.338 e. The molecule has 0 bridgehead atoms. The highest BCUT2D eigenvalue weighted by Crippen LogP contribution is 2.18. The number of carbonyl (C=O) groups excluding carboxylic acids is 2. The largest absolute Gasteiger partial charge is 0.494 e. The number of benzene rings is 2. The van der Waals surface area contributed by atoms with Crippen molar-refractivity contribution < 1.29 is 31.9 Å². The number of halogens is 1. The van der Waals surface area contributed by atoms with Gasteiger partial charge in [-0.25, -0.2) is 22.3 Å². The molecule has 0 radical (unpaired) electrons. The predicted molar refractivity (Wildman–Crippen MR) is 116 cm³/mol. The van der Waals surface area contributed by atoms with Gasteiger partial charge in [0.05, 0.1) is 17.6 Å². The second kappa shape index (κ2) is 10.1. The first kappa shape index (κ1) is 25.3. The van der Waals surface area contributed by atoms with Gasteiger partial charge in [0, 0.05) is 19.1 Å². The summed E-state index contributed by atoms with van der Waals surface area (Å²) in [6.45, 7) is 4.75. The van der Waals surface area contributed by atoms with E-state index in [1.54, 1.807) is 26.8 Å². The molecular weight excluding hydrogens is 439 g/mol. The zero-order valence-electron chi connectivity index (χ0n) is 18.6. The number of esters is 1. The number of hydrogen-bond donors (Lipinski definition) is 1. The third-order valence-electron chi connectivity index (χ3n) is 4.23. The van der Waals surface area contributed by atoms with Gasteiger partial charge in [0.1, 0.15) is 0 Å². The molecule has 0 saturated carbocycles. The minimum absolute atomic E-state index is 0.00603. The van der Waals surface area contributed by atoms with Crippen molar-refractivity contribution >= 4 is 21.9 Å². The maximum absolute atomic E-state index is 13.8. The zero-order valence-corrected chi connectivity index (χ0v) is 19.5. The third kappa shape index (κ3) is 7.03. The molecular formula is C22H27FN2O6S. The number of methoxy groups -OCH3 is 1. The van der Waals surface area contributed by atoms with Crippen LogP contribution in [-0.4, -0.2) is 51.5 Å². The van der Waals surface area contributed by atoms with Crippen LogP contribution in [0.2, 0.25) is 0 Å². The summed E-state index contributed by atoms with van der Waals surface area (Å²) < 4.78 is 50.8. The monoisotopic (exact) mass is 466 g/mol. The molecule has 8 nitrogen and oxygen atoms in total. The van der Waals surface area contributed by atoms with E-state index in [0.717, 1.165) is 0 Å². The van der Waals surface area contributed by atoms with Gasteiger partial charge in [0.25, 0.3) is 5.91 Å². The van der Waals surface area contributed by atoms with E-state index in [2.05, 4.69) is 4.72 Å². The first-order valence-corrected chi connectivity index (χ1v) is 11.2. The van der Waals surface area contributed by atoms with E-state index in [1.807, 2.05) is 0 Å². The predicted octanol–water partition coefficient (Wildman–Crippen LogP) is 2.73. The fourth-order valence-electron chi connectivity index (χ4n) is 2.72. The Morgan fingerprint density at radius 2 is 1.72 bits per heavy atom. The van der Waals surface area contributed by atoms with Gasteiger partial charge in [0.15, 0.2) is 18.2 Å². The number of likely N-dealkylation sites (N-methyl/N-ethyl adjacent to an activating group) is 1. The Morgan fingerprint density at radius 3 is 2.25 bits per heavy atom. The molecule has 1 N–H and O–H groups in total. The lowest BCUT2D eigenvalue weighted by Gasteiger charge is -2.20. The number of nitrogens with one attached hydrogen (secondary N) is 1. The van der Waals surface area contributed by atoms with Crippen molar-refractivity contribution in [2.24, 2.45) is 0 Å². The number of nitrogens with zero attached hydrogens (tertiary/aromatic N) is 1. The average Bonchev–Trinajstić information content (AvgIpc) is 2.70. The standard InChI is InChI=1S/C22H27FN2O6S/c1-22(2,3)24-32(28,29)17-9-7-16(8-10-17)21(27)31-14-20(26)25(4)13-15-6-11-19(30-5)18(23)12-15/h6-12,24H,13-14H2,1-5H3. The molecule has 0 spiro atoms. The smallest absolute Gasteiger partial charge is 0.338 e. The lowest BCUT2D eigenvalue weighted by molar-refractivity contribution is -0.133. The number of amides is 1. The molecule has 0 aliphatic carbocycles. The number of hydrogen-bond acceptors (Lipinski definition) is 6. The van der Waals surface area contributed by atoms with Crippen LogP contribution in [0.1, 0.15) is 36.7 Å². The maximum atomic E-state index is 13.8. The summed E-state index contributed by atoms with van der Waals surface area (Å²) >= 11 is 0. The number of sulfonamides is 1. The summed E-state index contributed by atoms with van der Waals surface area (Å²) in [4.78, 5) is 25.8. The summed E-state index contributed by atoms with van der Waals surface area (Å²) in [5.41, 5.74) is -0.000955. The van der Waals surface area contributed by atoms with Gasteiger partial charge >= 0.3 is 5.97 Å². The van der Waals surface area contributed by atoms with Gasteiger partial charge in [-0.05, 0) is 62.7 Å². The van der Waals surface area contributed by atoms with Crippen LogP contribution < -0.4 is 9.46 Å². The van der Waals surface area contributed by atoms with E-state index in [0.29, 0.717) is 5.56 Å². The van der Waals surface area contributed by atoms with Crippen LogP contribution in [-0.2, 0) is 26.1 Å². The van der Waals surface area contributed by atoms with Crippen LogP contribution in [0.3, 0.4) is 0 Å². The summed E-state index contributed by atoms with van der Waals surface area (Å²) in [6, 6.07) is 9.56. The molecule has 0 fully saturated rings. The normalized spacial score (nSPS) is 11.7. The van der Waals surface area contributed by atoms with Gasteiger partial charge in [-0.2, -0.15) is 0 Å². The Balaban J connectivity index is 1.94. The molecule has 10 heteroatoms. The molecule has 0 heterocycles. The first-order valence-electron chi connectivity index (χ1n) is 9.70. The summed E-state index contributed by atoms with van der Waals surface area (Å²) in [6.07, 6.45) is 0. The van der Waals surface area contributed by atoms with Crippen molar-refractivity contribution in [2.75, 3.05) is 20.8 Å². The van der Waals surface area contributed by atoms with Crippen molar-refractivity contribution in [2.45, 2.75) is 37.8 Å². The molecule has 2 rings (SSSR count). The van der Waals surface area contributed by atoms with Crippen molar-refractivity contribution in [3.63, 3.8) is 0 Å². The summed E-state index contributed by atoms with van der Waals surface area (Å²) in [5, 5.41) is 0. The highest BCUT2D eigenvalue weighted by molar-refractivity contribution is 7.89. The minimum Gasteiger partial charge on any atom is -0.494 e. The Bertz CT molecular complexity index is 1080. The molecule has 0 aliphatic heterocycles. The van der Waals surface area contributed by atoms with Crippen LogP contribution in [0, 0.1) is 5.82 Å². The Kier molecular flexibility index (Phi) is 7.97. The van der Waals surface area contributed by atoms with Gasteiger partial charge in [0.2, 0.25) is 10.0 Å². The minimum atomic E-state index is -3.73. The summed E-state index contributed by atoms with van der Waals surface area (Å²) in [7, 11) is -0.874. The van der Waals surface area contributed by atoms with E-state index < -0.39 is 39.9 Å². The fourth-order valence-corrected chi connectivity index (χ4v) is 4.14. The number of rotatable bonds is 8. The second-order valence-electron chi connectivity index (χ2n) is 8.17. The SMILES string of the molecule is COc1ccc(CN(C)C(=O)COC(=O)c2ccc(S(=O)(=O)NC(C)(C)C)cc2)cc1F. The Hall–Kier alpha value is -2.98. The van der Waals surface area contributed by atoms with E-state index in [9.17, 15) is 22.4 Å². The van der Waals surface area contributed by atoms with Crippen LogP contribution >= 0.6 is 0 Å². The first-order chi connectivity index (χ1) is 14.8. The quantitative estimate of drug-likeness (QED) is 0.601. The molecule has 0 aliphatic rings. The van der Waals surface area contributed by atoms with Gasteiger partial charge < -0.3 is 14.4 Å². The van der Waals surface area contributed by atoms with E-state index in [1.165, 1.54) is 55.5 Å². The molecule has 0 atom stereocenters. The zero-order chi connectivity index (χ0) is 24.1. The van der Waals surface area contributed by atoms with Crippen LogP contribution in [0.25, 0.3) is 0 Å². The molecule has 0 aromatic heterocycles. The topological polar surface area (TPSA) is 102 Å². The molecule has 32 heavy (non-hydrogen) atoms. The van der Waals surface area contributed by atoms with Crippen molar-refractivity contribution in [1.29, 1.82) is 0 Å². The highest BCUT2D eigenvalue weighted by atomic mass is 32.2. The highest BCUT2D eigenvalue weighted by Gasteiger charge is 2.22. The Labute approximate surface area is 187 Å². The molecule has 2 aromatic rings. The fraction of sp³-hybridized carbons (Fsp3) is 0.364. The van der Waals surface area contributed by atoms with Crippen LogP contribution in [0.15, 0.2) is 47.4 Å². The Morgan fingerprint density at radius 1 is 1.09 bits per heavy atom. The van der Waals surface area contributed by atoms with E-state index >= 15 is 0 Å². The van der Waals surface area contributed by atoms with E-state index in [-0.39, 0.29) is 22.8 Å². The van der Waals surface area contributed by atoms with Crippen molar-refractivity contribution in [3.05, 3.63) is 59.4 Å². The lowest BCUT2D eigenvalue weighted by Crippen LogP contribution is -2.40. The average molecular weight is 467 g/mol. The molecule has 174 valence electrons. The molecule has 0 unspecified atom stereocenters. The molecule has 0 saturated heterocycles. The van der Waals surface area contributed by atoms with Gasteiger partial charge in [-0.15, -0.1) is 0 Å². The number of ether oxygens (including phenoxy) is 2. The third-order valence-corrected chi connectivity index (χ3v) is 6.00. The van der Waals surface area contributed by atoms with Crippen LogP contribution in [0.4, 0.5) is 4.39 Å². The van der Waals surface area contributed by atoms with Crippen molar-refractivity contribution in [1.82, 2.24) is 9.62 Å².